The maximum atomic E-state index is 12.9. The quantitative estimate of drug-likeness (QED) is 0.622. The van der Waals surface area contributed by atoms with Crippen molar-refractivity contribution in [2.75, 3.05) is 5.32 Å². The van der Waals surface area contributed by atoms with Gasteiger partial charge in [-0.15, -0.1) is 0 Å². The molecule has 0 fully saturated rings. The Morgan fingerprint density at radius 1 is 1.21 bits per heavy atom. The van der Waals surface area contributed by atoms with Crippen molar-refractivity contribution in [1.29, 1.82) is 0 Å². The Morgan fingerprint density at radius 3 is 2.72 bits per heavy atom. The number of carbonyl (C=O) groups is 2. The number of hydrogen-bond donors (Lipinski definition) is 2. The highest BCUT2D eigenvalue weighted by atomic mass is 16.5. The summed E-state index contributed by atoms with van der Waals surface area (Å²) in [5, 5.41) is 10.4. The second-order valence-electron chi connectivity index (χ2n) is 7.38. The summed E-state index contributed by atoms with van der Waals surface area (Å²) in [5.74, 6) is -0.0807. The van der Waals surface area contributed by atoms with Gasteiger partial charge in [-0.1, -0.05) is 38.1 Å². The van der Waals surface area contributed by atoms with Crippen molar-refractivity contribution in [3.63, 3.8) is 0 Å². The Kier molecular flexibility index (Phi) is 6.26. The predicted octanol–water partition coefficient (Wildman–Crippen LogP) is 4.32. The van der Waals surface area contributed by atoms with Gasteiger partial charge < -0.3 is 15.2 Å². The van der Waals surface area contributed by atoms with Crippen LogP contribution in [0, 0.1) is 6.92 Å². The molecule has 1 aromatic carbocycles. The molecule has 2 heterocycles. The molecule has 0 saturated heterocycles. The number of aryl methyl sites for hydroxylation is 1. The lowest BCUT2D eigenvalue weighted by atomic mass is 10.0. The summed E-state index contributed by atoms with van der Waals surface area (Å²) in [5.41, 5.74) is 3.90. The molecule has 0 bridgehead atoms. The standard InChI is InChI=1S/C22H26N4O3/c1-5-7-19(27)24-16-9-6-8-15(10-16)12-23-21(28)17-11-18(13(2)3)25-22-20(17)14(4)26-29-22/h6,8-11,13H,5,7,12H2,1-4H3,(H,23,28)(H,24,27). The van der Waals surface area contributed by atoms with E-state index in [0.29, 0.717) is 35.3 Å². The number of nitrogens with zero attached hydrogens (tertiary/aromatic N) is 2. The van der Waals surface area contributed by atoms with Crippen LogP contribution in [-0.2, 0) is 11.3 Å². The molecule has 3 aromatic rings. The number of benzene rings is 1. The van der Waals surface area contributed by atoms with Crippen LogP contribution in [0.15, 0.2) is 34.9 Å². The van der Waals surface area contributed by atoms with Crippen molar-refractivity contribution in [1.82, 2.24) is 15.5 Å². The highest BCUT2D eigenvalue weighted by molar-refractivity contribution is 6.06. The molecule has 2 N–H and O–H groups in total. The third-order valence-corrected chi connectivity index (χ3v) is 4.61. The van der Waals surface area contributed by atoms with Gasteiger partial charge in [0.25, 0.3) is 11.6 Å². The number of rotatable bonds is 7. The zero-order valence-corrected chi connectivity index (χ0v) is 17.2. The Bertz CT molecular complexity index is 1040. The summed E-state index contributed by atoms with van der Waals surface area (Å²) in [6.07, 6.45) is 1.28. The van der Waals surface area contributed by atoms with Crippen molar-refractivity contribution >= 4 is 28.6 Å². The smallest absolute Gasteiger partial charge is 0.259 e. The third kappa shape index (κ3) is 4.80. The molecule has 0 saturated carbocycles. The van der Waals surface area contributed by atoms with E-state index in [1.807, 2.05) is 45.0 Å². The summed E-state index contributed by atoms with van der Waals surface area (Å²) < 4.78 is 5.28. The Morgan fingerprint density at radius 2 is 2.00 bits per heavy atom. The summed E-state index contributed by atoms with van der Waals surface area (Å²) in [6, 6.07) is 9.26. The molecule has 3 rings (SSSR count). The molecule has 0 aliphatic heterocycles. The molecule has 7 nitrogen and oxygen atoms in total. The number of carbonyl (C=O) groups excluding carboxylic acids is 2. The van der Waals surface area contributed by atoms with Gasteiger partial charge in [-0.3, -0.25) is 9.59 Å². The normalized spacial score (nSPS) is 11.1. The van der Waals surface area contributed by atoms with Gasteiger partial charge >= 0.3 is 0 Å². The molecule has 2 aromatic heterocycles. The topological polar surface area (TPSA) is 97.1 Å². The van der Waals surface area contributed by atoms with Gasteiger partial charge in [0.2, 0.25) is 5.91 Å². The molecular weight excluding hydrogens is 368 g/mol. The lowest BCUT2D eigenvalue weighted by Crippen LogP contribution is -2.23. The van der Waals surface area contributed by atoms with E-state index in [2.05, 4.69) is 20.8 Å². The fraction of sp³-hybridized carbons (Fsp3) is 0.364. The number of pyridine rings is 1. The number of aromatic nitrogens is 2. The van der Waals surface area contributed by atoms with Crippen molar-refractivity contribution in [2.24, 2.45) is 0 Å². The fourth-order valence-electron chi connectivity index (χ4n) is 3.08. The fourth-order valence-corrected chi connectivity index (χ4v) is 3.08. The van der Waals surface area contributed by atoms with Crippen LogP contribution in [0.5, 0.6) is 0 Å². The minimum atomic E-state index is -0.217. The van der Waals surface area contributed by atoms with Crippen molar-refractivity contribution < 1.29 is 14.1 Å². The lowest BCUT2D eigenvalue weighted by Gasteiger charge is -2.11. The van der Waals surface area contributed by atoms with Crippen LogP contribution in [0.3, 0.4) is 0 Å². The Balaban J connectivity index is 1.78. The van der Waals surface area contributed by atoms with E-state index in [0.717, 1.165) is 23.4 Å². The minimum Gasteiger partial charge on any atom is -0.348 e. The highest BCUT2D eigenvalue weighted by Gasteiger charge is 2.19. The van der Waals surface area contributed by atoms with Crippen LogP contribution < -0.4 is 10.6 Å². The van der Waals surface area contributed by atoms with E-state index in [1.54, 1.807) is 13.0 Å². The van der Waals surface area contributed by atoms with Crippen LogP contribution in [-0.4, -0.2) is 22.0 Å². The van der Waals surface area contributed by atoms with Crippen molar-refractivity contribution in [2.45, 2.75) is 53.0 Å². The zero-order valence-electron chi connectivity index (χ0n) is 17.2. The van der Waals surface area contributed by atoms with Gasteiger partial charge in [0.05, 0.1) is 16.6 Å². The van der Waals surface area contributed by atoms with Gasteiger partial charge in [0, 0.05) is 24.3 Å². The molecule has 29 heavy (non-hydrogen) atoms. The summed E-state index contributed by atoms with van der Waals surface area (Å²) in [4.78, 5) is 29.2. The molecule has 0 unspecified atom stereocenters. The number of amides is 2. The molecule has 2 amide bonds. The molecule has 0 atom stereocenters. The number of fused-ring (bicyclic) bond motifs is 1. The van der Waals surface area contributed by atoms with Gasteiger partial charge in [0.15, 0.2) is 0 Å². The van der Waals surface area contributed by atoms with Crippen LogP contribution >= 0.6 is 0 Å². The second-order valence-corrected chi connectivity index (χ2v) is 7.38. The largest absolute Gasteiger partial charge is 0.348 e. The van der Waals surface area contributed by atoms with Gasteiger partial charge in [-0.05, 0) is 43.0 Å². The van der Waals surface area contributed by atoms with Crippen LogP contribution in [0.2, 0.25) is 0 Å². The first-order chi connectivity index (χ1) is 13.9. The Labute approximate surface area is 169 Å². The lowest BCUT2D eigenvalue weighted by molar-refractivity contribution is -0.116. The average molecular weight is 394 g/mol. The van der Waals surface area contributed by atoms with E-state index in [1.165, 1.54) is 0 Å². The SMILES string of the molecule is CCCC(=O)Nc1cccc(CNC(=O)c2cc(C(C)C)nc3onc(C)c23)c1. The van der Waals surface area contributed by atoms with Gasteiger partial charge in [-0.2, -0.15) is 0 Å². The third-order valence-electron chi connectivity index (χ3n) is 4.61. The molecule has 0 radical (unpaired) electrons. The number of hydrogen-bond acceptors (Lipinski definition) is 5. The van der Waals surface area contributed by atoms with Gasteiger partial charge in [-0.25, -0.2) is 4.98 Å². The zero-order chi connectivity index (χ0) is 21.0. The summed E-state index contributed by atoms with van der Waals surface area (Å²) in [6.45, 7) is 8.11. The first-order valence-electron chi connectivity index (χ1n) is 9.83. The van der Waals surface area contributed by atoms with Crippen LogP contribution in [0.25, 0.3) is 11.1 Å². The van der Waals surface area contributed by atoms with Gasteiger partial charge in [0.1, 0.15) is 0 Å². The van der Waals surface area contributed by atoms with E-state index in [9.17, 15) is 9.59 Å². The molecule has 0 aliphatic carbocycles. The summed E-state index contributed by atoms with van der Waals surface area (Å²) >= 11 is 0. The molecule has 7 heteroatoms. The molecular formula is C22H26N4O3. The predicted molar refractivity (Wildman–Crippen MR) is 112 cm³/mol. The van der Waals surface area contributed by atoms with E-state index in [4.69, 9.17) is 4.52 Å². The van der Waals surface area contributed by atoms with Crippen molar-refractivity contribution in [3.8, 4) is 0 Å². The van der Waals surface area contributed by atoms with E-state index < -0.39 is 0 Å². The van der Waals surface area contributed by atoms with E-state index in [-0.39, 0.29) is 17.7 Å². The average Bonchev–Trinajstić information content (AvgIpc) is 3.07. The maximum absolute atomic E-state index is 12.9. The monoisotopic (exact) mass is 394 g/mol. The summed E-state index contributed by atoms with van der Waals surface area (Å²) in [7, 11) is 0. The first kappa shape index (κ1) is 20.5. The van der Waals surface area contributed by atoms with Crippen LogP contribution in [0.1, 0.15) is 66.8 Å². The first-order valence-corrected chi connectivity index (χ1v) is 9.83. The maximum Gasteiger partial charge on any atom is 0.259 e. The minimum absolute atomic E-state index is 0.0167. The highest BCUT2D eigenvalue weighted by Crippen LogP contribution is 2.25. The molecule has 0 spiro atoms. The number of anilines is 1. The van der Waals surface area contributed by atoms with Crippen LogP contribution in [0.4, 0.5) is 5.69 Å². The molecule has 152 valence electrons. The van der Waals surface area contributed by atoms with Crippen molar-refractivity contribution in [3.05, 3.63) is 52.8 Å². The number of nitrogens with one attached hydrogen (secondary N) is 2. The molecule has 0 aliphatic rings. The second kappa shape index (κ2) is 8.86. The Hall–Kier alpha value is -3.22. The van der Waals surface area contributed by atoms with E-state index >= 15 is 0 Å².